The third-order valence-electron chi connectivity index (χ3n) is 5.20. The number of carbonyl (C=O) groups is 2. The van der Waals surface area contributed by atoms with E-state index in [0.29, 0.717) is 18.0 Å². The number of furan rings is 1. The van der Waals surface area contributed by atoms with Gasteiger partial charge in [-0.15, -0.1) is 0 Å². The van der Waals surface area contributed by atoms with E-state index in [2.05, 4.69) is 16.7 Å². The molecule has 0 bridgehead atoms. The zero-order valence-electron chi connectivity index (χ0n) is 18.2. The van der Waals surface area contributed by atoms with Crippen molar-refractivity contribution in [1.82, 2.24) is 9.62 Å². The van der Waals surface area contributed by atoms with Gasteiger partial charge in [0.05, 0.1) is 24.2 Å². The van der Waals surface area contributed by atoms with E-state index in [0.717, 1.165) is 23.6 Å². The Morgan fingerprint density at radius 2 is 1.91 bits per heavy atom. The third-order valence-corrected chi connectivity index (χ3v) is 7.00. The normalized spacial score (nSPS) is 14.1. The predicted octanol–water partition coefficient (Wildman–Crippen LogP) is 3.44. The van der Waals surface area contributed by atoms with Gasteiger partial charge in [-0.2, -0.15) is 4.31 Å². The zero-order chi connectivity index (χ0) is 23.0. The highest BCUT2D eigenvalue weighted by molar-refractivity contribution is 7.89. The number of anilines is 1. The third kappa shape index (κ3) is 6.80. The number of sulfonamides is 1. The lowest BCUT2D eigenvalue weighted by atomic mass is 9.97. The van der Waals surface area contributed by atoms with Gasteiger partial charge in [-0.25, -0.2) is 8.42 Å². The maximum atomic E-state index is 13.3. The van der Waals surface area contributed by atoms with Gasteiger partial charge in [0.15, 0.2) is 0 Å². The van der Waals surface area contributed by atoms with E-state index in [1.54, 1.807) is 12.1 Å². The lowest BCUT2D eigenvalue weighted by molar-refractivity contribution is -0.121. The summed E-state index contributed by atoms with van der Waals surface area (Å²) in [5, 5.41) is 5.43. The van der Waals surface area contributed by atoms with Gasteiger partial charge in [0.1, 0.15) is 5.76 Å². The lowest BCUT2D eigenvalue weighted by Crippen LogP contribution is -2.40. The van der Waals surface area contributed by atoms with Gasteiger partial charge in [-0.1, -0.05) is 11.6 Å². The van der Waals surface area contributed by atoms with E-state index in [1.165, 1.54) is 55.9 Å². The van der Waals surface area contributed by atoms with Crippen LogP contribution in [0.15, 0.2) is 63.6 Å². The molecule has 0 aliphatic heterocycles. The number of allylic oxidation sites excluding steroid dienone is 1. The Hall–Kier alpha value is -2.91. The topological polar surface area (TPSA) is 109 Å². The van der Waals surface area contributed by atoms with E-state index < -0.39 is 10.0 Å². The molecular formula is C23H29N3O5S. The first-order valence-corrected chi connectivity index (χ1v) is 12.1. The van der Waals surface area contributed by atoms with Crippen molar-refractivity contribution >= 4 is 27.5 Å². The summed E-state index contributed by atoms with van der Waals surface area (Å²) >= 11 is 0. The van der Waals surface area contributed by atoms with Crippen molar-refractivity contribution in [3.05, 3.63) is 60.1 Å². The van der Waals surface area contributed by atoms with Crippen molar-refractivity contribution in [1.29, 1.82) is 0 Å². The predicted molar refractivity (Wildman–Crippen MR) is 121 cm³/mol. The number of hydrogen-bond donors (Lipinski definition) is 2. The Kier molecular flexibility index (Phi) is 8.24. The molecule has 3 rings (SSSR count). The number of carbonyl (C=O) groups excluding carboxylic acids is 2. The van der Waals surface area contributed by atoms with E-state index in [-0.39, 0.29) is 29.8 Å². The van der Waals surface area contributed by atoms with E-state index in [4.69, 9.17) is 4.42 Å². The zero-order valence-corrected chi connectivity index (χ0v) is 19.0. The molecule has 9 heteroatoms. The Morgan fingerprint density at radius 1 is 1.12 bits per heavy atom. The maximum Gasteiger partial charge on any atom is 0.243 e. The van der Waals surface area contributed by atoms with Crippen LogP contribution in [0.4, 0.5) is 5.69 Å². The summed E-state index contributed by atoms with van der Waals surface area (Å²) in [6.45, 7) is 1.46. The SMILES string of the molecule is CC(=O)Nc1ccc(S(=O)(=O)N(CC(=O)NCCC2=CCCCC2)Cc2ccco2)cc1. The molecule has 0 saturated carbocycles. The second-order valence-electron chi connectivity index (χ2n) is 7.77. The molecular weight excluding hydrogens is 430 g/mol. The minimum absolute atomic E-state index is 0.0262. The van der Waals surface area contributed by atoms with Gasteiger partial charge in [0.25, 0.3) is 0 Å². The molecule has 8 nitrogen and oxygen atoms in total. The van der Waals surface area contributed by atoms with E-state index in [1.807, 2.05) is 0 Å². The number of benzene rings is 1. The van der Waals surface area contributed by atoms with Crippen LogP contribution in [0.3, 0.4) is 0 Å². The number of hydrogen-bond acceptors (Lipinski definition) is 5. The maximum absolute atomic E-state index is 13.3. The summed E-state index contributed by atoms with van der Waals surface area (Å²) in [7, 11) is -3.97. The molecule has 0 atom stereocenters. The second-order valence-corrected chi connectivity index (χ2v) is 9.70. The molecule has 2 aromatic rings. The fraction of sp³-hybridized carbons (Fsp3) is 0.391. The average Bonchev–Trinajstić information content (AvgIpc) is 3.27. The molecule has 1 aliphatic carbocycles. The smallest absolute Gasteiger partial charge is 0.243 e. The van der Waals surface area contributed by atoms with Crippen LogP contribution in [-0.2, 0) is 26.2 Å². The van der Waals surface area contributed by atoms with Gasteiger partial charge in [-0.3, -0.25) is 9.59 Å². The fourth-order valence-corrected chi connectivity index (χ4v) is 4.94. The van der Waals surface area contributed by atoms with E-state index in [9.17, 15) is 18.0 Å². The standard InChI is InChI=1S/C23H29N3O5S/c1-18(27)25-20-9-11-22(12-10-20)32(29,30)26(16-21-8-5-15-31-21)17-23(28)24-14-13-19-6-3-2-4-7-19/h5-6,8-12,15H,2-4,7,13-14,16-17H2,1H3,(H,24,28)(H,25,27). The lowest BCUT2D eigenvalue weighted by Gasteiger charge is -2.21. The van der Waals surface area contributed by atoms with Crippen LogP contribution in [0, 0.1) is 0 Å². The minimum Gasteiger partial charge on any atom is -0.468 e. The molecule has 1 aromatic heterocycles. The van der Waals surface area contributed by atoms with Crippen LogP contribution in [0.5, 0.6) is 0 Å². The summed E-state index contributed by atoms with van der Waals surface area (Å²) in [4.78, 5) is 23.8. The van der Waals surface area contributed by atoms with Crippen LogP contribution in [-0.4, -0.2) is 37.6 Å². The van der Waals surface area contributed by atoms with Gasteiger partial charge in [-0.05, 0) is 68.5 Å². The highest BCUT2D eigenvalue weighted by Gasteiger charge is 2.27. The van der Waals surface area contributed by atoms with Crippen LogP contribution in [0.2, 0.25) is 0 Å². The van der Waals surface area contributed by atoms with Crippen molar-refractivity contribution in [2.75, 3.05) is 18.4 Å². The van der Waals surface area contributed by atoms with Crippen LogP contribution in [0.25, 0.3) is 0 Å². The molecule has 1 heterocycles. The summed E-state index contributed by atoms with van der Waals surface area (Å²) in [6, 6.07) is 9.16. The molecule has 172 valence electrons. The Morgan fingerprint density at radius 3 is 2.53 bits per heavy atom. The van der Waals surface area contributed by atoms with Crippen molar-refractivity contribution in [2.45, 2.75) is 50.5 Å². The van der Waals surface area contributed by atoms with E-state index >= 15 is 0 Å². The monoisotopic (exact) mass is 459 g/mol. The molecule has 2 N–H and O–H groups in total. The number of rotatable bonds is 10. The Balaban J connectivity index is 1.69. The number of nitrogens with zero attached hydrogens (tertiary/aromatic N) is 1. The Bertz CT molecular complexity index is 1040. The average molecular weight is 460 g/mol. The molecule has 0 radical (unpaired) electrons. The highest BCUT2D eigenvalue weighted by Crippen LogP contribution is 2.21. The van der Waals surface area contributed by atoms with Crippen molar-refractivity contribution in [3.63, 3.8) is 0 Å². The summed E-state index contributed by atoms with van der Waals surface area (Å²) in [5.41, 5.74) is 1.83. The van der Waals surface area contributed by atoms with Crippen molar-refractivity contribution in [2.24, 2.45) is 0 Å². The van der Waals surface area contributed by atoms with Gasteiger partial charge in [0, 0.05) is 19.2 Å². The summed E-state index contributed by atoms with van der Waals surface area (Å²) < 4.78 is 32.9. The molecule has 2 amide bonds. The summed E-state index contributed by atoms with van der Waals surface area (Å²) in [6.07, 6.45) is 9.00. The first-order valence-electron chi connectivity index (χ1n) is 10.7. The Labute approximate surface area is 188 Å². The van der Waals surface area contributed by atoms with Crippen LogP contribution < -0.4 is 10.6 Å². The highest BCUT2D eigenvalue weighted by atomic mass is 32.2. The van der Waals surface area contributed by atoms with Crippen molar-refractivity contribution in [3.8, 4) is 0 Å². The molecule has 0 unspecified atom stereocenters. The fourth-order valence-electron chi connectivity index (χ4n) is 3.58. The van der Waals surface area contributed by atoms with Crippen LogP contribution >= 0.6 is 0 Å². The molecule has 0 fully saturated rings. The largest absolute Gasteiger partial charge is 0.468 e. The second kappa shape index (κ2) is 11.1. The molecule has 1 aromatic carbocycles. The molecule has 0 spiro atoms. The first-order chi connectivity index (χ1) is 15.3. The first kappa shape index (κ1) is 23.7. The summed E-state index contributed by atoms with van der Waals surface area (Å²) in [5.74, 6) is -0.185. The van der Waals surface area contributed by atoms with Crippen molar-refractivity contribution < 1.29 is 22.4 Å². The molecule has 1 aliphatic rings. The quantitative estimate of drug-likeness (QED) is 0.529. The number of amides is 2. The van der Waals surface area contributed by atoms with Gasteiger partial charge >= 0.3 is 0 Å². The number of nitrogens with one attached hydrogen (secondary N) is 2. The minimum atomic E-state index is -3.97. The van der Waals surface area contributed by atoms with Gasteiger partial charge in [0.2, 0.25) is 21.8 Å². The van der Waals surface area contributed by atoms with Crippen LogP contribution in [0.1, 0.15) is 44.8 Å². The molecule has 32 heavy (non-hydrogen) atoms. The molecule has 0 saturated heterocycles. The van der Waals surface area contributed by atoms with Gasteiger partial charge < -0.3 is 15.1 Å².